The number of allylic oxidation sites excluding steroid dienone is 1. The van der Waals surface area contributed by atoms with Crippen molar-refractivity contribution in [2.45, 2.75) is 79.2 Å². The molecule has 0 aliphatic carbocycles. The summed E-state index contributed by atoms with van der Waals surface area (Å²) in [6, 6.07) is 0. The number of primary amides is 1. The Bertz CT molecular complexity index is 385. The van der Waals surface area contributed by atoms with Gasteiger partial charge in [-0.1, -0.05) is 47.1 Å². The smallest absolute Gasteiger partial charge is 0.308 e. The molecule has 0 unspecified atom stereocenters. The van der Waals surface area contributed by atoms with Crippen LogP contribution in [0.4, 0.5) is 0 Å². The highest BCUT2D eigenvalue weighted by Crippen LogP contribution is 2.30. The molecule has 4 nitrogen and oxygen atoms in total. The molecule has 1 amide bonds. The summed E-state index contributed by atoms with van der Waals surface area (Å²) in [5.74, 6) is -0.110. The summed E-state index contributed by atoms with van der Waals surface area (Å²) in [6.07, 6.45) is 6.23. The zero-order valence-electron chi connectivity index (χ0n) is 15.6. The van der Waals surface area contributed by atoms with Crippen LogP contribution in [-0.4, -0.2) is 18.0 Å². The van der Waals surface area contributed by atoms with Gasteiger partial charge in [-0.25, -0.2) is 0 Å². The second kappa shape index (κ2) is 10.5. The Morgan fingerprint density at radius 1 is 1.22 bits per heavy atom. The molecule has 0 aromatic rings. The maximum Gasteiger partial charge on any atom is 0.308 e. The number of carbonyl (C=O) groups excluding carboxylic acids is 2. The third kappa shape index (κ3) is 10.1. The fourth-order valence-electron chi connectivity index (χ4n) is 2.43. The molecule has 0 saturated heterocycles. The van der Waals surface area contributed by atoms with Gasteiger partial charge >= 0.3 is 5.97 Å². The Hall–Kier alpha value is -1.32. The molecule has 134 valence electrons. The molecule has 0 aromatic heterocycles. The fourth-order valence-corrected chi connectivity index (χ4v) is 2.43. The van der Waals surface area contributed by atoms with Crippen molar-refractivity contribution in [3.8, 4) is 0 Å². The van der Waals surface area contributed by atoms with Gasteiger partial charge in [-0.05, 0) is 37.0 Å². The summed E-state index contributed by atoms with van der Waals surface area (Å²) in [7, 11) is 0. The summed E-state index contributed by atoms with van der Waals surface area (Å²) in [4.78, 5) is 23.1. The Balaban J connectivity index is 4.55. The number of rotatable bonds is 11. The molecule has 0 spiro atoms. The number of esters is 1. The Kier molecular flexibility index (Phi) is 9.85. The molecule has 0 aliphatic heterocycles. The molecular weight excluding hydrogens is 290 g/mol. The maximum atomic E-state index is 12.3. The van der Waals surface area contributed by atoms with E-state index in [1.165, 1.54) is 0 Å². The predicted molar refractivity (Wildman–Crippen MR) is 94.8 cm³/mol. The lowest BCUT2D eigenvalue weighted by atomic mass is 9.82. The summed E-state index contributed by atoms with van der Waals surface area (Å²) in [6.45, 7) is 14.0. The molecule has 0 bridgehead atoms. The van der Waals surface area contributed by atoms with Crippen molar-refractivity contribution in [2.24, 2.45) is 23.0 Å². The third-order valence-electron chi connectivity index (χ3n) is 4.17. The van der Waals surface area contributed by atoms with Crippen molar-refractivity contribution >= 4 is 11.9 Å². The van der Waals surface area contributed by atoms with Crippen molar-refractivity contribution in [3.05, 3.63) is 12.7 Å². The highest BCUT2D eigenvalue weighted by Gasteiger charge is 2.31. The quantitative estimate of drug-likeness (QED) is 0.456. The lowest BCUT2D eigenvalue weighted by Crippen LogP contribution is -2.35. The molecule has 0 rings (SSSR count). The zero-order valence-corrected chi connectivity index (χ0v) is 15.6. The van der Waals surface area contributed by atoms with E-state index in [0.29, 0.717) is 12.3 Å². The first-order chi connectivity index (χ1) is 10.6. The Morgan fingerprint density at radius 3 is 2.30 bits per heavy atom. The number of carbonyl (C=O) groups is 2. The van der Waals surface area contributed by atoms with Gasteiger partial charge in [-0.15, -0.1) is 6.58 Å². The molecule has 23 heavy (non-hydrogen) atoms. The minimum atomic E-state index is -0.257. The molecule has 0 saturated carbocycles. The van der Waals surface area contributed by atoms with E-state index in [1.807, 2.05) is 13.0 Å². The largest absolute Gasteiger partial charge is 0.462 e. The third-order valence-corrected chi connectivity index (χ3v) is 4.17. The van der Waals surface area contributed by atoms with Gasteiger partial charge < -0.3 is 10.5 Å². The number of ether oxygens (including phenoxy) is 1. The van der Waals surface area contributed by atoms with Gasteiger partial charge in [0.2, 0.25) is 5.91 Å². The van der Waals surface area contributed by atoms with Crippen molar-refractivity contribution in [3.63, 3.8) is 0 Å². The Morgan fingerprint density at radius 2 is 1.83 bits per heavy atom. The van der Waals surface area contributed by atoms with E-state index in [9.17, 15) is 9.59 Å². The van der Waals surface area contributed by atoms with Crippen molar-refractivity contribution < 1.29 is 14.3 Å². The molecule has 2 N–H and O–H groups in total. The molecular formula is C19H35NO3. The van der Waals surface area contributed by atoms with Crippen LogP contribution in [0, 0.1) is 17.3 Å². The van der Waals surface area contributed by atoms with Crippen LogP contribution in [0.3, 0.4) is 0 Å². The molecule has 0 heterocycles. The van der Waals surface area contributed by atoms with E-state index in [1.54, 1.807) is 0 Å². The van der Waals surface area contributed by atoms with Crippen LogP contribution < -0.4 is 5.73 Å². The van der Waals surface area contributed by atoms with Gasteiger partial charge in [-0.3, -0.25) is 9.59 Å². The van der Waals surface area contributed by atoms with Crippen LogP contribution in [0.25, 0.3) is 0 Å². The van der Waals surface area contributed by atoms with Gasteiger partial charge in [0.05, 0.1) is 5.92 Å². The van der Waals surface area contributed by atoms with Crippen molar-refractivity contribution in [1.29, 1.82) is 0 Å². The first kappa shape index (κ1) is 21.7. The minimum absolute atomic E-state index is 0.105. The number of nitrogens with two attached hydrogens (primary N) is 1. The first-order valence-corrected chi connectivity index (χ1v) is 8.67. The monoisotopic (exact) mass is 325 g/mol. The van der Waals surface area contributed by atoms with Crippen LogP contribution in [0.15, 0.2) is 12.7 Å². The van der Waals surface area contributed by atoms with Crippen molar-refractivity contribution in [1.82, 2.24) is 0 Å². The van der Waals surface area contributed by atoms with Crippen molar-refractivity contribution in [2.75, 3.05) is 0 Å². The predicted octanol–water partition coefficient (Wildman–Crippen LogP) is 4.23. The second-order valence-electron chi connectivity index (χ2n) is 7.76. The lowest BCUT2D eigenvalue weighted by Gasteiger charge is -2.33. The van der Waals surface area contributed by atoms with Crippen LogP contribution in [0.5, 0.6) is 0 Å². The normalized spacial score (nSPS) is 15.5. The first-order valence-electron chi connectivity index (χ1n) is 8.67. The molecule has 0 aromatic carbocycles. The maximum absolute atomic E-state index is 12.3. The van der Waals surface area contributed by atoms with E-state index in [-0.39, 0.29) is 29.3 Å². The molecule has 4 heteroatoms. The SMILES string of the molecule is C=CCC[C@H](C)C(=O)O[C@@H](C[C@@H](C)CCCC(N)=O)C(C)(C)C. The minimum Gasteiger partial charge on any atom is -0.462 e. The average Bonchev–Trinajstić information content (AvgIpc) is 2.42. The van der Waals surface area contributed by atoms with Gasteiger partial charge in [-0.2, -0.15) is 0 Å². The number of amides is 1. The lowest BCUT2D eigenvalue weighted by molar-refractivity contribution is -0.160. The van der Waals surface area contributed by atoms with E-state index in [2.05, 4.69) is 34.3 Å². The van der Waals surface area contributed by atoms with Crippen LogP contribution >= 0.6 is 0 Å². The molecule has 0 radical (unpaired) electrons. The van der Waals surface area contributed by atoms with E-state index in [0.717, 1.165) is 32.1 Å². The van der Waals surface area contributed by atoms with Gasteiger partial charge in [0, 0.05) is 6.42 Å². The molecule has 0 fully saturated rings. The highest BCUT2D eigenvalue weighted by atomic mass is 16.5. The topological polar surface area (TPSA) is 69.4 Å². The van der Waals surface area contributed by atoms with E-state index >= 15 is 0 Å². The summed E-state index contributed by atoms with van der Waals surface area (Å²) < 4.78 is 5.81. The average molecular weight is 325 g/mol. The van der Waals surface area contributed by atoms with Gasteiger partial charge in [0.15, 0.2) is 0 Å². The van der Waals surface area contributed by atoms with E-state index in [4.69, 9.17) is 10.5 Å². The standard InChI is InChI=1S/C19H35NO3/c1-7-8-11-15(3)18(22)23-16(19(4,5)6)13-14(2)10-9-12-17(20)21/h7,14-16H,1,8-13H2,2-6H3,(H2,20,21)/t14-,15-,16-/m0/s1. The van der Waals surface area contributed by atoms with Gasteiger partial charge in [0.1, 0.15) is 6.10 Å². The van der Waals surface area contributed by atoms with Gasteiger partial charge in [0.25, 0.3) is 0 Å². The van der Waals surface area contributed by atoms with E-state index < -0.39 is 0 Å². The van der Waals surface area contributed by atoms with Crippen LogP contribution in [0.1, 0.15) is 73.1 Å². The number of hydrogen-bond acceptors (Lipinski definition) is 3. The molecule has 3 atom stereocenters. The van der Waals surface area contributed by atoms with Crippen LogP contribution in [0.2, 0.25) is 0 Å². The fraction of sp³-hybridized carbons (Fsp3) is 0.789. The zero-order chi connectivity index (χ0) is 18.0. The highest BCUT2D eigenvalue weighted by molar-refractivity contribution is 5.73. The summed E-state index contributed by atoms with van der Waals surface area (Å²) in [5, 5.41) is 0. The summed E-state index contributed by atoms with van der Waals surface area (Å²) >= 11 is 0. The van der Waals surface area contributed by atoms with Crippen LogP contribution in [-0.2, 0) is 14.3 Å². The molecule has 0 aliphatic rings. The Labute approximate surface area is 141 Å². The second-order valence-corrected chi connectivity index (χ2v) is 7.76. The summed E-state index contributed by atoms with van der Waals surface area (Å²) in [5.41, 5.74) is 5.07. The number of hydrogen-bond donors (Lipinski definition) is 1.